The summed E-state index contributed by atoms with van der Waals surface area (Å²) in [6.45, 7) is 6.28. The molecule has 0 fully saturated rings. The van der Waals surface area contributed by atoms with Crippen LogP contribution >= 0.6 is 0 Å². The van der Waals surface area contributed by atoms with Gasteiger partial charge in [-0.05, 0) is 70.6 Å². The first-order chi connectivity index (χ1) is 23.5. The number of carbonyl (C=O) groups excluding carboxylic acids is 3. The Morgan fingerprint density at radius 2 is 0.896 bits per heavy atom. The molecule has 0 bridgehead atoms. The van der Waals surface area contributed by atoms with Gasteiger partial charge in [0.05, 0.1) is 6.42 Å². The van der Waals surface area contributed by atoms with Crippen LogP contribution < -0.4 is 0 Å². The first-order valence-electron chi connectivity index (χ1n) is 19.3. The third kappa shape index (κ3) is 34.4. The number of allylic oxidation sites excluding steroid dienone is 9. The van der Waals surface area contributed by atoms with Crippen molar-refractivity contribution >= 4 is 17.9 Å². The van der Waals surface area contributed by atoms with E-state index in [1.54, 1.807) is 6.08 Å². The van der Waals surface area contributed by atoms with Gasteiger partial charge in [-0.1, -0.05) is 139 Å². The first-order valence-corrected chi connectivity index (χ1v) is 19.3. The van der Waals surface area contributed by atoms with E-state index < -0.39 is 12.1 Å². The molecule has 0 aliphatic rings. The Labute approximate surface area is 294 Å². The number of hydrogen-bond acceptors (Lipinski definition) is 6. The predicted molar refractivity (Wildman–Crippen MR) is 201 cm³/mol. The second-order valence-electron chi connectivity index (χ2n) is 12.5. The Morgan fingerprint density at radius 1 is 0.458 bits per heavy atom. The molecule has 0 saturated heterocycles. The maximum atomic E-state index is 12.6. The highest BCUT2D eigenvalue weighted by Crippen LogP contribution is 2.11. The molecule has 0 rings (SSSR count). The van der Waals surface area contributed by atoms with E-state index in [0.717, 1.165) is 89.9 Å². The maximum absolute atomic E-state index is 12.6. The zero-order valence-electron chi connectivity index (χ0n) is 31.0. The predicted octanol–water partition coefficient (Wildman–Crippen LogP) is 11.8. The van der Waals surface area contributed by atoms with Gasteiger partial charge in [-0.15, -0.1) is 0 Å². The van der Waals surface area contributed by atoms with Crippen molar-refractivity contribution in [1.82, 2.24) is 0 Å². The summed E-state index contributed by atoms with van der Waals surface area (Å²) < 4.78 is 16.4. The highest BCUT2D eigenvalue weighted by molar-refractivity contribution is 5.72. The van der Waals surface area contributed by atoms with Crippen molar-refractivity contribution < 1.29 is 28.6 Å². The van der Waals surface area contributed by atoms with Gasteiger partial charge in [-0.3, -0.25) is 14.4 Å². The lowest BCUT2D eigenvalue weighted by Gasteiger charge is -2.18. The quantitative estimate of drug-likeness (QED) is 0.0299. The molecule has 0 heterocycles. The van der Waals surface area contributed by atoms with Crippen LogP contribution in [0.4, 0.5) is 0 Å². The number of ether oxygens (including phenoxy) is 3. The average Bonchev–Trinajstić information content (AvgIpc) is 3.08. The Morgan fingerprint density at radius 3 is 1.44 bits per heavy atom. The van der Waals surface area contributed by atoms with E-state index >= 15 is 0 Å². The van der Waals surface area contributed by atoms with Crippen molar-refractivity contribution in [2.75, 3.05) is 13.2 Å². The lowest BCUT2D eigenvalue weighted by molar-refractivity contribution is -0.166. The summed E-state index contributed by atoms with van der Waals surface area (Å²) in [5.41, 5.74) is 0. The molecule has 0 aromatic heterocycles. The van der Waals surface area contributed by atoms with Crippen LogP contribution in [0.3, 0.4) is 0 Å². The maximum Gasteiger partial charge on any atom is 0.309 e. The molecule has 0 aliphatic carbocycles. The Hall–Kier alpha value is -2.89. The van der Waals surface area contributed by atoms with Crippen LogP contribution in [-0.4, -0.2) is 37.2 Å². The van der Waals surface area contributed by atoms with E-state index in [2.05, 4.69) is 69.4 Å². The smallest absolute Gasteiger partial charge is 0.309 e. The van der Waals surface area contributed by atoms with Gasteiger partial charge in [0.1, 0.15) is 13.2 Å². The number of hydrogen-bond donors (Lipinski definition) is 0. The monoisotopic (exact) mass is 671 g/mol. The van der Waals surface area contributed by atoms with Crippen LogP contribution in [0.15, 0.2) is 60.8 Å². The fraction of sp³-hybridized carbons (Fsp3) is 0.690. The second-order valence-corrected chi connectivity index (χ2v) is 12.5. The molecule has 6 heteroatoms. The molecular weight excluding hydrogens is 600 g/mol. The Bertz CT molecular complexity index is 913. The molecule has 0 amide bonds. The molecule has 1 unspecified atom stereocenters. The zero-order valence-corrected chi connectivity index (χ0v) is 31.0. The lowest BCUT2D eigenvalue weighted by Crippen LogP contribution is -2.30. The topological polar surface area (TPSA) is 78.9 Å². The average molecular weight is 671 g/mol. The van der Waals surface area contributed by atoms with Crippen LogP contribution in [0.1, 0.15) is 168 Å². The second kappa shape index (κ2) is 36.9. The minimum absolute atomic E-state index is 0.111. The van der Waals surface area contributed by atoms with Crippen molar-refractivity contribution in [3.8, 4) is 0 Å². The summed E-state index contributed by atoms with van der Waals surface area (Å²) in [5.74, 6) is -1.08. The highest BCUT2D eigenvalue weighted by Gasteiger charge is 2.19. The first kappa shape index (κ1) is 45.1. The molecule has 0 aromatic rings. The lowest BCUT2D eigenvalue weighted by atomic mass is 10.1. The number of unbranched alkanes of at least 4 members (excludes halogenated alkanes) is 13. The molecule has 48 heavy (non-hydrogen) atoms. The fourth-order valence-corrected chi connectivity index (χ4v) is 4.81. The van der Waals surface area contributed by atoms with Gasteiger partial charge in [0.15, 0.2) is 6.10 Å². The van der Waals surface area contributed by atoms with Gasteiger partial charge in [0.2, 0.25) is 0 Å². The fourth-order valence-electron chi connectivity index (χ4n) is 4.81. The minimum Gasteiger partial charge on any atom is -0.462 e. The molecule has 0 radical (unpaired) electrons. The molecule has 0 N–H and O–H groups in total. The molecular formula is C42H70O6. The van der Waals surface area contributed by atoms with Gasteiger partial charge in [0, 0.05) is 12.8 Å². The van der Waals surface area contributed by atoms with Gasteiger partial charge < -0.3 is 14.2 Å². The SMILES string of the molecule is CC/C=C\C/C=C\C/C=C\CC(=O)OCC(COC(=O)CCCCCCC/C=C\CCCC)OC(=O)CCCCCC/C=C\CCCC. The number of rotatable bonds is 33. The van der Waals surface area contributed by atoms with E-state index in [9.17, 15) is 14.4 Å². The van der Waals surface area contributed by atoms with Crippen LogP contribution in [-0.2, 0) is 28.6 Å². The normalized spacial score (nSPS) is 12.6. The number of carbonyl (C=O) groups is 3. The Balaban J connectivity index is 4.51. The van der Waals surface area contributed by atoms with E-state index in [0.29, 0.717) is 12.8 Å². The molecule has 1 atom stereocenters. The van der Waals surface area contributed by atoms with Crippen molar-refractivity contribution in [2.45, 2.75) is 175 Å². The van der Waals surface area contributed by atoms with E-state index in [1.165, 1.54) is 38.5 Å². The Kier molecular flexibility index (Phi) is 34.7. The molecule has 0 spiro atoms. The van der Waals surface area contributed by atoms with Gasteiger partial charge in [-0.2, -0.15) is 0 Å². The van der Waals surface area contributed by atoms with Crippen molar-refractivity contribution in [1.29, 1.82) is 0 Å². The van der Waals surface area contributed by atoms with Crippen LogP contribution in [0.5, 0.6) is 0 Å². The van der Waals surface area contributed by atoms with Gasteiger partial charge >= 0.3 is 17.9 Å². The van der Waals surface area contributed by atoms with Crippen molar-refractivity contribution in [3.05, 3.63) is 60.8 Å². The summed E-state index contributed by atoms with van der Waals surface area (Å²) in [4.78, 5) is 37.3. The summed E-state index contributed by atoms with van der Waals surface area (Å²) in [6.07, 6.45) is 42.4. The summed E-state index contributed by atoms with van der Waals surface area (Å²) in [5, 5.41) is 0. The van der Waals surface area contributed by atoms with E-state index in [1.807, 2.05) is 6.08 Å². The minimum atomic E-state index is -0.813. The van der Waals surface area contributed by atoms with Gasteiger partial charge in [0.25, 0.3) is 0 Å². The molecule has 6 nitrogen and oxygen atoms in total. The van der Waals surface area contributed by atoms with Crippen LogP contribution in [0.2, 0.25) is 0 Å². The molecule has 0 aliphatic heterocycles. The van der Waals surface area contributed by atoms with Crippen LogP contribution in [0, 0.1) is 0 Å². The summed E-state index contributed by atoms with van der Waals surface area (Å²) >= 11 is 0. The highest BCUT2D eigenvalue weighted by atomic mass is 16.6. The zero-order chi connectivity index (χ0) is 35.2. The van der Waals surface area contributed by atoms with E-state index in [-0.39, 0.29) is 31.6 Å². The van der Waals surface area contributed by atoms with Crippen LogP contribution in [0.25, 0.3) is 0 Å². The summed E-state index contributed by atoms with van der Waals surface area (Å²) in [7, 11) is 0. The molecule has 274 valence electrons. The van der Waals surface area contributed by atoms with Crippen molar-refractivity contribution in [2.24, 2.45) is 0 Å². The standard InChI is InChI=1S/C42H70O6/c1-4-7-10-13-16-19-21-24-26-29-32-35-41(44)47-38-39(37-46-40(43)34-31-28-25-22-18-15-12-9-6-3)48-42(45)36-33-30-27-23-20-17-14-11-8-5-2/h9,12-14,16-18,22,28,31,39H,4-8,10-11,15,19-21,23-27,29-30,32-38H2,1-3H3/b12-9-,16-13-,17-14-,22-18-,31-28-. The third-order valence-electron chi connectivity index (χ3n) is 7.76. The van der Waals surface area contributed by atoms with Crippen molar-refractivity contribution in [3.63, 3.8) is 0 Å². The summed E-state index contributed by atoms with van der Waals surface area (Å²) in [6, 6.07) is 0. The number of esters is 3. The molecule has 0 saturated carbocycles. The third-order valence-corrected chi connectivity index (χ3v) is 7.76. The van der Waals surface area contributed by atoms with Gasteiger partial charge in [-0.25, -0.2) is 0 Å². The molecule has 0 aromatic carbocycles. The van der Waals surface area contributed by atoms with E-state index in [4.69, 9.17) is 14.2 Å². The largest absolute Gasteiger partial charge is 0.462 e.